The van der Waals surface area contributed by atoms with Gasteiger partial charge in [0, 0.05) is 11.8 Å². The normalized spacial score (nSPS) is 10.9. The maximum Gasteiger partial charge on any atom is 0.413 e. The molecule has 29 heavy (non-hydrogen) atoms. The molecule has 3 aromatic rings. The number of anilines is 1. The Balaban J connectivity index is 2.05. The largest absolute Gasteiger partial charge is 0.450 e. The van der Waals surface area contributed by atoms with E-state index in [0.717, 1.165) is 5.56 Å². The second-order valence-corrected chi connectivity index (χ2v) is 8.18. The van der Waals surface area contributed by atoms with Gasteiger partial charge in [-0.3, -0.25) is 5.32 Å². The van der Waals surface area contributed by atoms with E-state index in [0.29, 0.717) is 5.56 Å². The predicted molar refractivity (Wildman–Crippen MR) is 115 cm³/mol. The zero-order valence-corrected chi connectivity index (χ0v) is 17.1. The van der Waals surface area contributed by atoms with E-state index >= 15 is 0 Å². The van der Waals surface area contributed by atoms with Gasteiger partial charge in [-0.05, 0) is 36.8 Å². The van der Waals surface area contributed by atoms with Crippen molar-refractivity contribution in [1.29, 1.82) is 0 Å². The average Bonchev–Trinajstić information content (AvgIpc) is 3.13. The molecule has 0 unspecified atom stereocenters. The first-order valence-corrected chi connectivity index (χ1v) is 10.6. The van der Waals surface area contributed by atoms with E-state index in [1.54, 1.807) is 31.3 Å². The fourth-order valence-corrected chi connectivity index (χ4v) is 4.52. The second kappa shape index (κ2) is 8.89. The number of thiocarbonyl (C=S) groups is 1. The van der Waals surface area contributed by atoms with Crippen LogP contribution in [0.25, 0.3) is 11.1 Å². The molecular formula is C20H19N3O4S2. The number of ether oxygens (including phenoxy) is 1. The highest BCUT2D eigenvalue weighted by Crippen LogP contribution is 2.36. The van der Waals surface area contributed by atoms with Gasteiger partial charge in [0.15, 0.2) is 5.11 Å². The molecular weight excluding hydrogens is 410 g/mol. The van der Waals surface area contributed by atoms with E-state index in [9.17, 15) is 13.2 Å². The lowest BCUT2D eigenvalue weighted by atomic mass is 10.1. The molecule has 0 aliphatic rings. The van der Waals surface area contributed by atoms with Crippen molar-refractivity contribution < 1.29 is 17.9 Å². The summed E-state index contributed by atoms with van der Waals surface area (Å²) < 4.78 is 31.6. The summed E-state index contributed by atoms with van der Waals surface area (Å²) in [7, 11) is -3.89. The number of aromatic amines is 1. The molecule has 3 N–H and O–H groups in total. The van der Waals surface area contributed by atoms with Gasteiger partial charge in [-0.15, -0.1) is 0 Å². The number of aromatic nitrogens is 1. The third kappa shape index (κ3) is 4.64. The Hall–Kier alpha value is -3.17. The lowest BCUT2D eigenvalue weighted by molar-refractivity contribution is 0.158. The number of hydrogen-bond acceptors (Lipinski definition) is 5. The Morgan fingerprint density at radius 2 is 1.69 bits per heavy atom. The highest BCUT2D eigenvalue weighted by molar-refractivity contribution is 7.91. The first-order valence-electron chi connectivity index (χ1n) is 8.75. The molecule has 0 bridgehead atoms. The average molecular weight is 430 g/mol. The summed E-state index contributed by atoms with van der Waals surface area (Å²) in [5.41, 5.74) is 1.20. The summed E-state index contributed by atoms with van der Waals surface area (Å²) in [4.78, 5) is 14.7. The van der Waals surface area contributed by atoms with Crippen molar-refractivity contribution in [3.63, 3.8) is 0 Å². The van der Waals surface area contributed by atoms with Gasteiger partial charge in [-0.2, -0.15) is 0 Å². The number of carbonyl (C=O) groups excluding carboxylic acids is 1. The van der Waals surface area contributed by atoms with Crippen LogP contribution in [-0.4, -0.2) is 31.2 Å². The third-order valence-electron chi connectivity index (χ3n) is 3.97. The van der Waals surface area contributed by atoms with Gasteiger partial charge in [-0.25, -0.2) is 13.2 Å². The fraction of sp³-hybridized carbons (Fsp3) is 0.100. The zero-order chi connectivity index (χ0) is 20.9. The quantitative estimate of drug-likeness (QED) is 0.531. The second-order valence-electron chi connectivity index (χ2n) is 5.89. The van der Waals surface area contributed by atoms with Crippen LogP contribution < -0.4 is 10.6 Å². The van der Waals surface area contributed by atoms with Crippen molar-refractivity contribution >= 4 is 39.1 Å². The number of hydrogen-bond donors (Lipinski definition) is 3. The molecule has 0 saturated heterocycles. The van der Waals surface area contributed by atoms with Crippen LogP contribution in [-0.2, 0) is 14.6 Å². The fourth-order valence-electron chi connectivity index (χ4n) is 2.74. The van der Waals surface area contributed by atoms with Gasteiger partial charge < -0.3 is 15.0 Å². The molecule has 0 radical (unpaired) electrons. The van der Waals surface area contributed by atoms with Crippen molar-refractivity contribution in [3.05, 3.63) is 66.9 Å². The molecule has 0 fully saturated rings. The van der Waals surface area contributed by atoms with Crippen LogP contribution in [0.2, 0.25) is 0 Å². The van der Waals surface area contributed by atoms with Crippen LogP contribution in [0.5, 0.6) is 0 Å². The molecule has 0 aliphatic heterocycles. The Kier molecular flexibility index (Phi) is 6.30. The van der Waals surface area contributed by atoms with Crippen LogP contribution in [0, 0.1) is 0 Å². The van der Waals surface area contributed by atoms with Crippen molar-refractivity contribution in [2.75, 3.05) is 11.9 Å². The summed E-state index contributed by atoms with van der Waals surface area (Å²) in [6.07, 6.45) is 0.854. The van der Waals surface area contributed by atoms with Crippen LogP contribution in [0.4, 0.5) is 10.6 Å². The summed E-state index contributed by atoms with van der Waals surface area (Å²) in [6.45, 7) is 1.85. The number of alkyl carbamates (subject to hydrolysis) is 1. The van der Waals surface area contributed by atoms with E-state index < -0.39 is 15.9 Å². The summed E-state index contributed by atoms with van der Waals surface area (Å²) in [5, 5.41) is 5.00. The van der Waals surface area contributed by atoms with Gasteiger partial charge >= 0.3 is 6.09 Å². The molecule has 1 heterocycles. The van der Waals surface area contributed by atoms with Gasteiger partial charge in [0.2, 0.25) is 9.84 Å². The minimum atomic E-state index is -3.89. The summed E-state index contributed by atoms with van der Waals surface area (Å²) in [6, 6.07) is 17.2. The number of carbonyl (C=O) groups is 1. The Bertz CT molecular complexity index is 1110. The Labute approximate surface area is 174 Å². The molecule has 1 amide bonds. The van der Waals surface area contributed by atoms with Crippen LogP contribution in [0.3, 0.4) is 0 Å². The Morgan fingerprint density at radius 3 is 2.31 bits per heavy atom. The number of rotatable bonds is 5. The molecule has 2 aromatic carbocycles. The summed E-state index contributed by atoms with van der Waals surface area (Å²) in [5.74, 6) is 0.148. The van der Waals surface area contributed by atoms with Crippen LogP contribution >= 0.6 is 12.2 Å². The minimum absolute atomic E-state index is 0.0305. The monoisotopic (exact) mass is 429 g/mol. The maximum atomic E-state index is 13.4. The molecule has 3 rings (SSSR count). The molecule has 150 valence electrons. The van der Waals surface area contributed by atoms with E-state index in [4.69, 9.17) is 17.0 Å². The first kappa shape index (κ1) is 20.6. The standard InChI is InChI=1S/C20H19N3O4S2/c1-2-27-20(24)23-19(28)22-18-17(29(25,26)15-11-7-4-8-12-15)16(13-21-18)14-9-5-3-6-10-14/h3-13,21H,2H2,1H3,(H2,22,23,24,28). The lowest BCUT2D eigenvalue weighted by Crippen LogP contribution is -2.35. The van der Waals surface area contributed by atoms with Crippen molar-refractivity contribution in [3.8, 4) is 11.1 Å². The third-order valence-corrected chi connectivity index (χ3v) is 6.03. The van der Waals surface area contributed by atoms with Crippen molar-refractivity contribution in [2.24, 2.45) is 0 Å². The van der Waals surface area contributed by atoms with E-state index in [1.165, 1.54) is 12.1 Å². The van der Waals surface area contributed by atoms with E-state index in [-0.39, 0.29) is 27.3 Å². The van der Waals surface area contributed by atoms with Crippen molar-refractivity contribution in [1.82, 2.24) is 10.3 Å². The zero-order valence-electron chi connectivity index (χ0n) is 15.5. The SMILES string of the molecule is CCOC(=O)NC(=S)Nc1[nH]cc(-c2ccccc2)c1S(=O)(=O)c1ccccc1. The number of sulfone groups is 1. The highest BCUT2D eigenvalue weighted by Gasteiger charge is 2.28. The topological polar surface area (TPSA) is 100 Å². The van der Waals surface area contributed by atoms with E-state index in [2.05, 4.69) is 15.6 Å². The summed E-state index contributed by atoms with van der Waals surface area (Å²) >= 11 is 5.11. The number of benzene rings is 2. The number of nitrogens with one attached hydrogen (secondary N) is 3. The lowest BCUT2D eigenvalue weighted by Gasteiger charge is -2.12. The number of amides is 1. The maximum absolute atomic E-state index is 13.4. The predicted octanol–water partition coefficient (Wildman–Crippen LogP) is 3.96. The molecule has 0 aliphatic carbocycles. The van der Waals surface area contributed by atoms with Crippen LogP contribution in [0.1, 0.15) is 6.92 Å². The van der Waals surface area contributed by atoms with Gasteiger partial charge in [0.05, 0.1) is 11.5 Å². The Morgan fingerprint density at radius 1 is 1.07 bits per heavy atom. The molecule has 0 saturated carbocycles. The van der Waals surface area contributed by atoms with Crippen molar-refractivity contribution in [2.45, 2.75) is 16.7 Å². The van der Waals surface area contributed by atoms with E-state index in [1.807, 2.05) is 30.3 Å². The molecule has 7 nitrogen and oxygen atoms in total. The first-order chi connectivity index (χ1) is 13.9. The van der Waals surface area contributed by atoms with Crippen LogP contribution in [0.15, 0.2) is 76.7 Å². The molecule has 9 heteroatoms. The molecule has 0 atom stereocenters. The highest BCUT2D eigenvalue weighted by atomic mass is 32.2. The van der Waals surface area contributed by atoms with Gasteiger partial charge in [0.25, 0.3) is 0 Å². The molecule has 1 aromatic heterocycles. The van der Waals surface area contributed by atoms with Gasteiger partial charge in [0.1, 0.15) is 10.7 Å². The molecule has 0 spiro atoms. The van der Waals surface area contributed by atoms with Gasteiger partial charge in [-0.1, -0.05) is 48.5 Å². The minimum Gasteiger partial charge on any atom is -0.450 e. The number of H-pyrrole nitrogens is 1. The smallest absolute Gasteiger partial charge is 0.413 e.